The van der Waals surface area contributed by atoms with Gasteiger partial charge in [-0.05, 0) is 83.4 Å². The third-order valence-corrected chi connectivity index (χ3v) is 12.8. The molecular formula is C54H34N2OS. The molecule has 0 fully saturated rings. The molecule has 0 N–H and O–H groups in total. The molecule has 0 radical (unpaired) electrons. The van der Waals surface area contributed by atoms with Crippen LogP contribution in [0.2, 0.25) is 0 Å². The lowest BCUT2D eigenvalue weighted by Gasteiger charge is -2.26. The second-order valence-corrected chi connectivity index (χ2v) is 15.9. The molecule has 0 bridgehead atoms. The summed E-state index contributed by atoms with van der Waals surface area (Å²) in [6, 6.07) is 74.4. The highest BCUT2D eigenvalue weighted by Gasteiger charge is 2.19. The molecule has 12 aromatic rings. The molecule has 12 rings (SSSR count). The number of furan rings is 1. The molecule has 3 aromatic heterocycles. The van der Waals surface area contributed by atoms with Crippen LogP contribution >= 0.6 is 11.3 Å². The van der Waals surface area contributed by atoms with Gasteiger partial charge in [0.05, 0.1) is 11.0 Å². The maximum absolute atomic E-state index is 6.44. The summed E-state index contributed by atoms with van der Waals surface area (Å²) in [5.74, 6) is 0. The van der Waals surface area contributed by atoms with Gasteiger partial charge in [-0.25, -0.2) is 0 Å². The zero-order chi connectivity index (χ0) is 38.2. The molecular weight excluding hydrogens is 725 g/mol. The molecule has 272 valence electrons. The molecule has 3 heterocycles. The highest BCUT2D eigenvalue weighted by atomic mass is 32.1. The van der Waals surface area contributed by atoms with Gasteiger partial charge in [-0.1, -0.05) is 140 Å². The molecule has 0 amide bonds. The van der Waals surface area contributed by atoms with Gasteiger partial charge >= 0.3 is 0 Å². The standard InChI is InChI=1S/C54H34N2OS/c1-5-22-49-43(14-1)44-15-2-6-23-50(44)56(49)40-13-9-12-39(34-40)55(37-30-26-35(27-31-37)41-18-10-20-47-45-16-3-7-24-51(45)57-53(41)47)38-32-28-36(29-33-38)42-19-11-21-48-46-17-4-8-25-52(46)58-54(42)48/h1-34H. The van der Waals surface area contributed by atoms with E-state index >= 15 is 0 Å². The van der Waals surface area contributed by atoms with E-state index in [-0.39, 0.29) is 0 Å². The van der Waals surface area contributed by atoms with Gasteiger partial charge in [-0.15, -0.1) is 11.3 Å². The van der Waals surface area contributed by atoms with Gasteiger partial charge < -0.3 is 13.9 Å². The van der Waals surface area contributed by atoms with Crippen molar-refractivity contribution in [1.29, 1.82) is 0 Å². The number of hydrogen-bond acceptors (Lipinski definition) is 3. The first-order valence-corrected chi connectivity index (χ1v) is 20.5. The van der Waals surface area contributed by atoms with Crippen molar-refractivity contribution in [3.63, 3.8) is 0 Å². The Bertz CT molecular complexity index is 3300. The summed E-state index contributed by atoms with van der Waals surface area (Å²) in [5.41, 5.74) is 13.2. The molecule has 9 aromatic carbocycles. The number of benzene rings is 9. The van der Waals surface area contributed by atoms with Gasteiger partial charge in [-0.3, -0.25) is 0 Å². The zero-order valence-corrected chi connectivity index (χ0v) is 32.2. The predicted molar refractivity (Wildman–Crippen MR) is 247 cm³/mol. The van der Waals surface area contributed by atoms with E-state index in [1.807, 2.05) is 23.5 Å². The molecule has 0 aliphatic carbocycles. The van der Waals surface area contributed by atoms with Crippen LogP contribution in [0, 0.1) is 0 Å². The Labute approximate surface area is 338 Å². The summed E-state index contributed by atoms with van der Waals surface area (Å²) < 4.78 is 11.5. The molecule has 0 unspecified atom stereocenters. The number of thiophene rings is 1. The minimum atomic E-state index is 0.905. The van der Waals surface area contributed by atoms with Crippen LogP contribution in [-0.2, 0) is 0 Å². The van der Waals surface area contributed by atoms with Crippen LogP contribution in [0.1, 0.15) is 0 Å². The monoisotopic (exact) mass is 758 g/mol. The Morgan fingerprint density at radius 2 is 0.948 bits per heavy atom. The number of fused-ring (bicyclic) bond motifs is 9. The van der Waals surface area contributed by atoms with E-state index in [9.17, 15) is 0 Å². The number of hydrogen-bond donors (Lipinski definition) is 0. The Morgan fingerprint density at radius 3 is 1.67 bits per heavy atom. The Kier molecular flexibility index (Phi) is 7.40. The fraction of sp³-hybridized carbons (Fsp3) is 0. The van der Waals surface area contributed by atoms with E-state index < -0.39 is 0 Å². The molecule has 0 atom stereocenters. The van der Waals surface area contributed by atoms with Gasteiger partial charge in [0.15, 0.2) is 0 Å². The Morgan fingerprint density at radius 1 is 0.397 bits per heavy atom. The van der Waals surface area contributed by atoms with Crippen LogP contribution in [0.3, 0.4) is 0 Å². The Balaban J connectivity index is 1.00. The lowest BCUT2D eigenvalue weighted by atomic mass is 10.0. The zero-order valence-electron chi connectivity index (χ0n) is 31.3. The summed E-state index contributed by atoms with van der Waals surface area (Å²) in [4.78, 5) is 2.37. The number of nitrogens with zero attached hydrogens (tertiary/aromatic N) is 2. The second-order valence-electron chi connectivity index (χ2n) is 14.9. The predicted octanol–water partition coefficient (Wildman–Crippen LogP) is 15.9. The quantitative estimate of drug-likeness (QED) is 0.168. The first-order chi connectivity index (χ1) is 28.8. The summed E-state index contributed by atoms with van der Waals surface area (Å²) in [5, 5.41) is 7.39. The molecule has 4 heteroatoms. The van der Waals surface area contributed by atoms with Gasteiger partial charge in [-0.2, -0.15) is 0 Å². The van der Waals surface area contributed by atoms with Crippen LogP contribution in [0.5, 0.6) is 0 Å². The lowest BCUT2D eigenvalue weighted by molar-refractivity contribution is 0.670. The number of anilines is 3. The SMILES string of the molecule is c1cc(N(c2ccc(-c3cccc4c3oc3ccccc34)cc2)c2ccc(-c3cccc4c3sc3ccccc34)cc2)cc(-n2c3ccccc3c3ccccc32)c1. The first-order valence-electron chi connectivity index (χ1n) is 19.7. The van der Waals surface area contributed by atoms with Crippen molar-refractivity contribution < 1.29 is 4.42 Å². The fourth-order valence-corrected chi connectivity index (χ4v) is 10.2. The normalized spacial score (nSPS) is 11.8. The van der Waals surface area contributed by atoms with Crippen LogP contribution in [0.4, 0.5) is 17.1 Å². The van der Waals surface area contributed by atoms with E-state index in [1.54, 1.807) is 0 Å². The number of para-hydroxylation sites is 4. The minimum Gasteiger partial charge on any atom is -0.455 e. The largest absolute Gasteiger partial charge is 0.455 e. The summed E-state index contributed by atoms with van der Waals surface area (Å²) >= 11 is 1.87. The maximum Gasteiger partial charge on any atom is 0.143 e. The van der Waals surface area contributed by atoms with Crippen molar-refractivity contribution >= 4 is 92.3 Å². The summed E-state index contributed by atoms with van der Waals surface area (Å²) in [6.45, 7) is 0. The first kappa shape index (κ1) is 32.8. The molecule has 0 saturated heterocycles. The highest BCUT2D eigenvalue weighted by molar-refractivity contribution is 7.26. The second kappa shape index (κ2) is 13.1. The number of rotatable bonds is 6. The maximum atomic E-state index is 6.44. The lowest BCUT2D eigenvalue weighted by Crippen LogP contribution is -2.10. The molecule has 0 aliphatic heterocycles. The van der Waals surface area contributed by atoms with E-state index in [0.29, 0.717) is 0 Å². The average Bonchev–Trinajstić information content (AvgIpc) is 3.97. The van der Waals surface area contributed by atoms with Crippen LogP contribution < -0.4 is 4.90 Å². The molecule has 3 nitrogen and oxygen atoms in total. The van der Waals surface area contributed by atoms with E-state index in [4.69, 9.17) is 4.42 Å². The van der Waals surface area contributed by atoms with Crippen molar-refractivity contribution in [2.45, 2.75) is 0 Å². The van der Waals surface area contributed by atoms with E-state index in [0.717, 1.165) is 55.8 Å². The number of aromatic nitrogens is 1. The van der Waals surface area contributed by atoms with Gasteiger partial charge in [0.2, 0.25) is 0 Å². The van der Waals surface area contributed by atoms with Crippen LogP contribution in [0.15, 0.2) is 211 Å². The minimum absolute atomic E-state index is 0.905. The van der Waals surface area contributed by atoms with Crippen LogP contribution in [-0.4, -0.2) is 4.57 Å². The van der Waals surface area contributed by atoms with Crippen molar-refractivity contribution in [3.05, 3.63) is 206 Å². The van der Waals surface area contributed by atoms with Crippen molar-refractivity contribution in [3.8, 4) is 27.9 Å². The van der Waals surface area contributed by atoms with Crippen LogP contribution in [0.25, 0.3) is 91.9 Å². The summed E-state index contributed by atoms with van der Waals surface area (Å²) in [6.07, 6.45) is 0. The van der Waals surface area contributed by atoms with Gasteiger partial charge in [0, 0.05) is 70.0 Å². The molecule has 0 aliphatic rings. The molecule has 0 spiro atoms. The smallest absolute Gasteiger partial charge is 0.143 e. The highest BCUT2D eigenvalue weighted by Crippen LogP contribution is 2.43. The molecule has 0 saturated carbocycles. The average molecular weight is 759 g/mol. The van der Waals surface area contributed by atoms with Crippen molar-refractivity contribution in [2.24, 2.45) is 0 Å². The molecule has 58 heavy (non-hydrogen) atoms. The topological polar surface area (TPSA) is 21.3 Å². The third-order valence-electron chi connectivity index (χ3n) is 11.6. The fourth-order valence-electron chi connectivity index (χ4n) is 8.95. The van der Waals surface area contributed by atoms with Gasteiger partial charge in [0.25, 0.3) is 0 Å². The Hall–Kier alpha value is -7.40. The van der Waals surface area contributed by atoms with E-state index in [1.165, 1.54) is 53.1 Å². The van der Waals surface area contributed by atoms with Crippen molar-refractivity contribution in [1.82, 2.24) is 4.57 Å². The van der Waals surface area contributed by atoms with E-state index in [2.05, 4.69) is 204 Å². The van der Waals surface area contributed by atoms with Crippen molar-refractivity contribution in [2.75, 3.05) is 4.90 Å². The third kappa shape index (κ3) is 5.12. The van der Waals surface area contributed by atoms with Gasteiger partial charge in [0.1, 0.15) is 11.2 Å². The summed E-state index contributed by atoms with van der Waals surface area (Å²) in [7, 11) is 0.